The number of ketones is 1. The van der Waals surface area contributed by atoms with Crippen LogP contribution in [0.15, 0.2) is 12.1 Å². The van der Waals surface area contributed by atoms with E-state index >= 15 is 0 Å². The highest BCUT2D eigenvalue weighted by Crippen LogP contribution is 2.41. The van der Waals surface area contributed by atoms with Gasteiger partial charge in [0.15, 0.2) is 5.78 Å². The second kappa shape index (κ2) is 3.86. The number of nitrogens with one attached hydrogen (secondary N) is 1. The van der Waals surface area contributed by atoms with Crippen LogP contribution in [0.25, 0.3) is 0 Å². The monoisotopic (exact) mass is 231 g/mol. The van der Waals surface area contributed by atoms with E-state index in [9.17, 15) is 4.79 Å². The van der Waals surface area contributed by atoms with Gasteiger partial charge in [-0.25, -0.2) is 0 Å². The molecule has 2 nitrogen and oxygen atoms in total. The number of Topliss-reactive ketones (excluding diaryl/α,β-unsaturated/α-hetero) is 1. The minimum Gasteiger partial charge on any atom is -0.379 e. The summed E-state index contributed by atoms with van der Waals surface area (Å²) in [5.74, 6) is 0.640. The Bertz CT molecular complexity index is 474. The first-order valence-corrected chi connectivity index (χ1v) is 6.24. The fraction of sp³-hybridized carbons (Fsp3) is 0.533. The molecule has 0 aromatic heterocycles. The number of carbonyl (C=O) groups excluding carboxylic acids is 1. The third-order valence-electron chi connectivity index (χ3n) is 3.50. The zero-order valence-corrected chi connectivity index (χ0v) is 11.3. The van der Waals surface area contributed by atoms with Crippen molar-refractivity contribution in [3.8, 4) is 0 Å². The van der Waals surface area contributed by atoms with Gasteiger partial charge in [-0.3, -0.25) is 4.79 Å². The summed E-state index contributed by atoms with van der Waals surface area (Å²) < 4.78 is 0. The number of rotatable bonds is 1. The molecule has 2 heteroatoms. The van der Waals surface area contributed by atoms with Gasteiger partial charge < -0.3 is 5.32 Å². The third kappa shape index (κ3) is 2.21. The topological polar surface area (TPSA) is 29.1 Å². The Morgan fingerprint density at radius 3 is 2.65 bits per heavy atom. The number of carbonyl (C=O) groups is 1. The lowest BCUT2D eigenvalue weighted by Crippen LogP contribution is -2.37. The van der Waals surface area contributed by atoms with Crippen LogP contribution in [0.3, 0.4) is 0 Å². The molecule has 1 aliphatic heterocycles. The minimum absolute atomic E-state index is 0.0614. The molecule has 0 bridgehead atoms. The molecule has 0 saturated carbocycles. The predicted molar refractivity (Wildman–Crippen MR) is 71.9 cm³/mol. The zero-order valence-electron chi connectivity index (χ0n) is 11.3. The highest BCUT2D eigenvalue weighted by Gasteiger charge is 2.31. The molecule has 0 fully saturated rings. The molecule has 17 heavy (non-hydrogen) atoms. The zero-order chi connectivity index (χ0) is 12.8. The van der Waals surface area contributed by atoms with Crippen LogP contribution >= 0.6 is 0 Å². The fourth-order valence-corrected chi connectivity index (χ4v) is 2.89. The summed E-state index contributed by atoms with van der Waals surface area (Å²) in [7, 11) is 0. The van der Waals surface area contributed by atoms with Gasteiger partial charge in [-0.1, -0.05) is 13.0 Å². The van der Waals surface area contributed by atoms with Gasteiger partial charge in [-0.15, -0.1) is 0 Å². The Morgan fingerprint density at radius 2 is 2.06 bits per heavy atom. The Kier molecular flexibility index (Phi) is 2.76. The first kappa shape index (κ1) is 12.2. The van der Waals surface area contributed by atoms with Gasteiger partial charge in [0, 0.05) is 16.8 Å². The Hall–Kier alpha value is -1.31. The lowest BCUT2D eigenvalue weighted by Gasteiger charge is -2.38. The highest BCUT2D eigenvalue weighted by atomic mass is 16.1. The summed E-state index contributed by atoms with van der Waals surface area (Å²) >= 11 is 0. The predicted octanol–water partition coefficient (Wildman–Crippen LogP) is 3.90. The SMILES string of the molecule is CC(=O)c1cc(C)cc2c1NC(C)(C)CC2C. The summed E-state index contributed by atoms with van der Waals surface area (Å²) in [6.45, 7) is 10.3. The largest absolute Gasteiger partial charge is 0.379 e. The van der Waals surface area contributed by atoms with Crippen molar-refractivity contribution in [2.45, 2.75) is 52.5 Å². The minimum atomic E-state index is 0.0614. The molecule has 92 valence electrons. The van der Waals surface area contributed by atoms with Gasteiger partial charge in [0.25, 0.3) is 0 Å². The van der Waals surface area contributed by atoms with Crippen LogP contribution in [-0.4, -0.2) is 11.3 Å². The highest BCUT2D eigenvalue weighted by molar-refractivity contribution is 6.01. The van der Waals surface area contributed by atoms with Crippen LogP contribution in [0.1, 0.15) is 61.5 Å². The van der Waals surface area contributed by atoms with Gasteiger partial charge in [0.2, 0.25) is 0 Å². The second-order valence-corrected chi connectivity index (χ2v) is 5.95. The van der Waals surface area contributed by atoms with Crippen LogP contribution in [-0.2, 0) is 0 Å². The Labute approximate surface area is 103 Å². The van der Waals surface area contributed by atoms with E-state index in [-0.39, 0.29) is 11.3 Å². The first-order valence-electron chi connectivity index (χ1n) is 6.24. The van der Waals surface area contributed by atoms with Gasteiger partial charge in [-0.05, 0) is 57.2 Å². The summed E-state index contributed by atoms with van der Waals surface area (Å²) in [4.78, 5) is 11.7. The van der Waals surface area contributed by atoms with Gasteiger partial charge in [0.05, 0.1) is 0 Å². The van der Waals surface area contributed by atoms with E-state index in [1.807, 2.05) is 6.07 Å². The molecule has 1 N–H and O–H groups in total. The molecular weight excluding hydrogens is 210 g/mol. The maximum absolute atomic E-state index is 11.7. The van der Waals surface area contributed by atoms with Gasteiger partial charge >= 0.3 is 0 Å². The molecule has 2 rings (SSSR count). The van der Waals surface area contributed by atoms with Crippen molar-refractivity contribution >= 4 is 11.5 Å². The summed E-state index contributed by atoms with van der Waals surface area (Å²) in [5.41, 5.74) is 4.40. The van der Waals surface area contributed by atoms with Gasteiger partial charge in [-0.2, -0.15) is 0 Å². The van der Waals surface area contributed by atoms with Crippen molar-refractivity contribution in [3.05, 3.63) is 28.8 Å². The van der Waals surface area contributed by atoms with Crippen molar-refractivity contribution in [2.75, 3.05) is 5.32 Å². The fourth-order valence-electron chi connectivity index (χ4n) is 2.89. The molecule has 1 aliphatic rings. The second-order valence-electron chi connectivity index (χ2n) is 5.95. The van der Waals surface area contributed by atoms with E-state index in [1.54, 1.807) is 6.92 Å². The number of fused-ring (bicyclic) bond motifs is 1. The van der Waals surface area contributed by atoms with E-state index in [4.69, 9.17) is 0 Å². The van der Waals surface area contributed by atoms with Crippen molar-refractivity contribution in [1.82, 2.24) is 0 Å². The van der Waals surface area contributed by atoms with Crippen LogP contribution < -0.4 is 5.32 Å². The molecule has 0 spiro atoms. The van der Waals surface area contributed by atoms with E-state index in [0.717, 1.165) is 17.7 Å². The Morgan fingerprint density at radius 1 is 1.41 bits per heavy atom. The molecule has 1 atom stereocenters. The number of benzene rings is 1. The average molecular weight is 231 g/mol. The van der Waals surface area contributed by atoms with E-state index in [0.29, 0.717) is 5.92 Å². The van der Waals surface area contributed by atoms with E-state index < -0.39 is 0 Å². The molecule has 0 aliphatic carbocycles. The van der Waals surface area contributed by atoms with Crippen LogP contribution in [0.2, 0.25) is 0 Å². The number of hydrogen-bond donors (Lipinski definition) is 1. The number of aryl methyl sites for hydroxylation is 1. The van der Waals surface area contributed by atoms with Gasteiger partial charge in [0.1, 0.15) is 0 Å². The van der Waals surface area contributed by atoms with E-state index in [2.05, 4.69) is 39.1 Å². The van der Waals surface area contributed by atoms with Crippen molar-refractivity contribution in [2.24, 2.45) is 0 Å². The molecule has 0 amide bonds. The Balaban J connectivity index is 2.63. The van der Waals surface area contributed by atoms with Crippen LogP contribution in [0, 0.1) is 6.92 Å². The molecule has 0 radical (unpaired) electrons. The maximum atomic E-state index is 11.7. The molecule has 1 heterocycles. The standard InChI is InChI=1S/C15H21NO/c1-9-6-12-10(2)8-15(4,5)16-14(12)13(7-9)11(3)17/h6-7,10,16H,8H2,1-5H3. The lowest BCUT2D eigenvalue weighted by atomic mass is 9.80. The normalized spacial score (nSPS) is 21.6. The quantitative estimate of drug-likeness (QED) is 0.743. The number of anilines is 1. The van der Waals surface area contributed by atoms with Crippen LogP contribution in [0.4, 0.5) is 5.69 Å². The summed E-state index contributed by atoms with van der Waals surface area (Å²) in [6.07, 6.45) is 1.10. The van der Waals surface area contributed by atoms with Crippen molar-refractivity contribution < 1.29 is 4.79 Å². The average Bonchev–Trinajstić information content (AvgIpc) is 2.17. The molecule has 1 aromatic rings. The summed E-state index contributed by atoms with van der Waals surface area (Å²) in [6, 6.07) is 4.19. The molecule has 1 aromatic carbocycles. The lowest BCUT2D eigenvalue weighted by molar-refractivity contribution is 0.101. The summed E-state index contributed by atoms with van der Waals surface area (Å²) in [5, 5.41) is 3.52. The molecule has 0 saturated heterocycles. The smallest absolute Gasteiger partial charge is 0.161 e. The number of hydrogen-bond acceptors (Lipinski definition) is 2. The third-order valence-corrected chi connectivity index (χ3v) is 3.50. The van der Waals surface area contributed by atoms with E-state index in [1.165, 1.54) is 11.1 Å². The molecular formula is C15H21NO. The maximum Gasteiger partial charge on any atom is 0.161 e. The first-order chi connectivity index (χ1) is 7.80. The van der Waals surface area contributed by atoms with Crippen molar-refractivity contribution in [3.63, 3.8) is 0 Å². The van der Waals surface area contributed by atoms with Crippen molar-refractivity contribution in [1.29, 1.82) is 0 Å². The molecule has 1 unspecified atom stereocenters. The van der Waals surface area contributed by atoms with Crippen LogP contribution in [0.5, 0.6) is 0 Å².